The highest BCUT2D eigenvalue weighted by molar-refractivity contribution is 5.92. The Kier molecular flexibility index (Phi) is 13.8. The Hall–Kier alpha value is -3.42. The highest BCUT2D eigenvalue weighted by Crippen LogP contribution is 2.05. The van der Waals surface area contributed by atoms with E-state index in [0.717, 1.165) is 0 Å². The Morgan fingerprint density at radius 3 is 2.09 bits per heavy atom. The number of carbonyl (C=O) groups excluding carboxylic acids is 3. The molecular weight excluding hydrogens is 438 g/mol. The summed E-state index contributed by atoms with van der Waals surface area (Å²) in [5.74, 6) is -4.65. The minimum Gasteiger partial charge on any atom is -0.481 e. The van der Waals surface area contributed by atoms with Crippen molar-refractivity contribution in [2.75, 3.05) is 13.1 Å². The molecule has 0 saturated heterocycles. The van der Waals surface area contributed by atoms with E-state index in [1.165, 1.54) is 0 Å². The molecule has 0 bridgehead atoms. The summed E-state index contributed by atoms with van der Waals surface area (Å²) < 4.78 is 0. The Balaban J connectivity index is 4.87. The predicted molar refractivity (Wildman–Crippen MR) is 119 cm³/mol. The number of nitrogens with zero attached hydrogens (tertiary/aromatic N) is 1. The van der Waals surface area contributed by atoms with Crippen molar-refractivity contribution in [2.24, 2.45) is 28.1 Å². The molecule has 0 spiro atoms. The van der Waals surface area contributed by atoms with E-state index in [1.807, 2.05) is 13.8 Å². The Morgan fingerprint density at radius 1 is 0.939 bits per heavy atom. The molecule has 0 fully saturated rings. The zero-order valence-electron chi connectivity index (χ0n) is 18.9. The van der Waals surface area contributed by atoms with Crippen molar-refractivity contribution in [3.8, 4) is 0 Å². The van der Waals surface area contributed by atoms with Gasteiger partial charge in [0.1, 0.15) is 12.1 Å². The summed E-state index contributed by atoms with van der Waals surface area (Å²) in [4.78, 5) is 62.7. The number of carboxylic acid groups (broad SMARTS) is 2. The van der Waals surface area contributed by atoms with Gasteiger partial charge >= 0.3 is 11.9 Å². The molecule has 33 heavy (non-hydrogen) atoms. The van der Waals surface area contributed by atoms with Crippen molar-refractivity contribution in [3.05, 3.63) is 0 Å². The van der Waals surface area contributed by atoms with Gasteiger partial charge in [0.2, 0.25) is 17.7 Å². The molecule has 0 radical (unpaired) electrons. The third-order valence-electron chi connectivity index (χ3n) is 4.34. The van der Waals surface area contributed by atoms with Crippen LogP contribution >= 0.6 is 0 Å². The topological polar surface area (TPSA) is 252 Å². The van der Waals surface area contributed by atoms with Gasteiger partial charge in [-0.25, -0.2) is 4.79 Å². The molecule has 0 aliphatic rings. The van der Waals surface area contributed by atoms with Crippen molar-refractivity contribution >= 4 is 35.6 Å². The summed E-state index contributed by atoms with van der Waals surface area (Å²) in [6.45, 7) is 3.34. The highest BCUT2D eigenvalue weighted by atomic mass is 16.4. The van der Waals surface area contributed by atoms with Crippen LogP contribution in [0.1, 0.15) is 46.0 Å². The number of carboxylic acids is 2. The molecule has 14 heteroatoms. The predicted octanol–water partition coefficient (Wildman–Crippen LogP) is -2.55. The minimum absolute atomic E-state index is 0.0524. The highest BCUT2D eigenvalue weighted by Gasteiger charge is 2.26. The van der Waals surface area contributed by atoms with Gasteiger partial charge in [-0.3, -0.25) is 24.2 Å². The third-order valence-corrected chi connectivity index (χ3v) is 4.34. The monoisotopic (exact) mass is 473 g/mol. The normalized spacial score (nSPS) is 13.3. The zero-order chi connectivity index (χ0) is 25.6. The van der Waals surface area contributed by atoms with Gasteiger partial charge in [0.25, 0.3) is 0 Å². The molecule has 11 N–H and O–H groups in total. The summed E-state index contributed by atoms with van der Waals surface area (Å²) in [6, 6.07) is -3.33. The smallest absolute Gasteiger partial charge is 0.326 e. The zero-order valence-corrected chi connectivity index (χ0v) is 18.9. The molecule has 0 rings (SSSR count). The van der Waals surface area contributed by atoms with E-state index in [9.17, 15) is 29.1 Å². The van der Waals surface area contributed by atoms with Crippen molar-refractivity contribution < 1.29 is 34.2 Å². The number of amides is 3. The van der Waals surface area contributed by atoms with Gasteiger partial charge < -0.3 is 43.4 Å². The second-order valence-corrected chi connectivity index (χ2v) is 7.85. The van der Waals surface area contributed by atoms with E-state index >= 15 is 0 Å². The molecule has 0 heterocycles. The molecule has 188 valence electrons. The molecule has 0 saturated carbocycles. The van der Waals surface area contributed by atoms with Crippen LogP contribution < -0.4 is 33.2 Å². The standard InChI is InChI=1S/C19H35N7O7/c1-10(2)8-11(20)16(30)26-12(5-6-15(28)29)17(31)24-9-14(27)25-13(18(32)33)4-3-7-23-19(21)22/h10-13H,3-9,20H2,1-2H3,(H,24,31)(H,25,27)(H,26,30)(H,28,29)(H,32,33)(H4,21,22,23). The molecule has 3 atom stereocenters. The van der Waals surface area contributed by atoms with Crippen LogP contribution in [-0.2, 0) is 24.0 Å². The van der Waals surface area contributed by atoms with E-state index in [2.05, 4.69) is 20.9 Å². The summed E-state index contributed by atoms with van der Waals surface area (Å²) in [7, 11) is 0. The van der Waals surface area contributed by atoms with E-state index in [4.69, 9.17) is 22.3 Å². The molecule has 3 unspecified atom stereocenters. The minimum atomic E-state index is -1.27. The molecule has 0 aliphatic carbocycles. The number of rotatable bonds is 16. The Bertz CT molecular complexity index is 723. The first-order valence-electron chi connectivity index (χ1n) is 10.5. The molecule has 0 aromatic rings. The van der Waals surface area contributed by atoms with Gasteiger partial charge in [-0.15, -0.1) is 0 Å². The number of nitrogens with two attached hydrogens (primary N) is 3. The molecule has 0 aromatic heterocycles. The van der Waals surface area contributed by atoms with Crippen LogP contribution in [0.2, 0.25) is 0 Å². The lowest BCUT2D eigenvalue weighted by Crippen LogP contribution is -2.53. The Labute approximate surface area is 191 Å². The van der Waals surface area contributed by atoms with Crippen LogP contribution in [0.4, 0.5) is 0 Å². The van der Waals surface area contributed by atoms with E-state index in [0.29, 0.717) is 12.8 Å². The molecule has 14 nitrogen and oxygen atoms in total. The van der Waals surface area contributed by atoms with Gasteiger partial charge in [-0.05, 0) is 31.6 Å². The van der Waals surface area contributed by atoms with Crippen molar-refractivity contribution in [2.45, 2.75) is 64.1 Å². The lowest BCUT2D eigenvalue weighted by Gasteiger charge is -2.21. The Morgan fingerprint density at radius 2 is 1.58 bits per heavy atom. The number of carbonyl (C=O) groups is 5. The van der Waals surface area contributed by atoms with Crippen LogP contribution in [0.5, 0.6) is 0 Å². The first-order valence-corrected chi connectivity index (χ1v) is 10.5. The SMILES string of the molecule is CC(C)CC(N)C(=O)NC(CCC(=O)O)C(=O)NCC(=O)NC(CCCN=C(N)N)C(=O)O. The molecule has 0 aliphatic heterocycles. The van der Waals surface area contributed by atoms with Gasteiger partial charge in [-0.2, -0.15) is 0 Å². The summed E-state index contributed by atoms with van der Waals surface area (Å²) in [5, 5.41) is 25.1. The lowest BCUT2D eigenvalue weighted by molar-refractivity contribution is -0.142. The fraction of sp³-hybridized carbons (Fsp3) is 0.684. The van der Waals surface area contributed by atoms with Crippen LogP contribution in [0.3, 0.4) is 0 Å². The number of nitrogens with one attached hydrogen (secondary N) is 3. The quantitative estimate of drug-likeness (QED) is 0.0661. The summed E-state index contributed by atoms with van der Waals surface area (Å²) in [6.07, 6.45) is 0.0892. The number of hydrogen-bond donors (Lipinski definition) is 8. The number of aliphatic carboxylic acids is 2. The number of aliphatic imine (C=N–C) groups is 1. The van der Waals surface area contributed by atoms with Gasteiger partial charge in [0.15, 0.2) is 5.96 Å². The molecular formula is C19H35N7O7. The van der Waals surface area contributed by atoms with E-state index < -0.39 is 60.8 Å². The molecule has 0 aromatic carbocycles. The van der Waals surface area contributed by atoms with Crippen molar-refractivity contribution in [1.29, 1.82) is 0 Å². The maximum Gasteiger partial charge on any atom is 0.326 e. The first-order chi connectivity index (χ1) is 15.3. The van der Waals surface area contributed by atoms with Gasteiger partial charge in [0.05, 0.1) is 12.6 Å². The van der Waals surface area contributed by atoms with Gasteiger partial charge in [-0.1, -0.05) is 13.8 Å². The average Bonchev–Trinajstić information content (AvgIpc) is 2.70. The van der Waals surface area contributed by atoms with Crippen LogP contribution in [0.25, 0.3) is 0 Å². The fourth-order valence-corrected chi connectivity index (χ4v) is 2.73. The first kappa shape index (κ1) is 29.6. The van der Waals surface area contributed by atoms with Gasteiger partial charge in [0, 0.05) is 13.0 Å². The van der Waals surface area contributed by atoms with Crippen molar-refractivity contribution in [1.82, 2.24) is 16.0 Å². The van der Waals surface area contributed by atoms with E-state index in [-0.39, 0.29) is 31.3 Å². The maximum absolute atomic E-state index is 12.4. The second-order valence-electron chi connectivity index (χ2n) is 7.85. The van der Waals surface area contributed by atoms with Crippen LogP contribution in [0.15, 0.2) is 4.99 Å². The summed E-state index contributed by atoms with van der Waals surface area (Å²) >= 11 is 0. The van der Waals surface area contributed by atoms with E-state index in [1.54, 1.807) is 0 Å². The third kappa shape index (κ3) is 14.3. The fourth-order valence-electron chi connectivity index (χ4n) is 2.73. The average molecular weight is 474 g/mol. The second kappa shape index (κ2) is 15.4. The number of hydrogen-bond acceptors (Lipinski definition) is 7. The maximum atomic E-state index is 12.4. The van der Waals surface area contributed by atoms with Crippen molar-refractivity contribution in [3.63, 3.8) is 0 Å². The van der Waals surface area contributed by atoms with Crippen LogP contribution in [0, 0.1) is 5.92 Å². The summed E-state index contributed by atoms with van der Waals surface area (Å²) in [5.41, 5.74) is 16.2. The number of guanidine groups is 1. The molecule has 3 amide bonds. The lowest BCUT2D eigenvalue weighted by atomic mass is 10.0. The van der Waals surface area contributed by atoms with Crippen LogP contribution in [-0.4, -0.2) is 77.0 Å². The largest absolute Gasteiger partial charge is 0.481 e.